The number of benzene rings is 1. The highest BCUT2D eigenvalue weighted by molar-refractivity contribution is 7.98. The number of hydrazone groups is 1. The normalized spacial score (nSPS) is 15.7. The van der Waals surface area contributed by atoms with Gasteiger partial charge in [0, 0.05) is 15.8 Å². The first-order valence-corrected chi connectivity index (χ1v) is 9.69. The first-order chi connectivity index (χ1) is 12.6. The van der Waals surface area contributed by atoms with E-state index in [0.717, 1.165) is 11.3 Å². The molecule has 0 saturated carbocycles. The Morgan fingerprint density at radius 1 is 1.38 bits per heavy atom. The van der Waals surface area contributed by atoms with Gasteiger partial charge in [-0.1, -0.05) is 17.3 Å². The first-order valence-electron chi connectivity index (χ1n) is 7.58. The van der Waals surface area contributed by atoms with Crippen molar-refractivity contribution in [3.05, 3.63) is 46.8 Å². The molecule has 134 valence electrons. The highest BCUT2D eigenvalue weighted by Gasteiger charge is 2.18. The number of hydrogen-bond donors (Lipinski definition) is 2. The number of rotatable bonds is 6. The van der Waals surface area contributed by atoms with Crippen LogP contribution in [0.15, 0.2) is 55.9 Å². The average molecular weight is 388 g/mol. The van der Waals surface area contributed by atoms with Gasteiger partial charge in [0.25, 0.3) is 0 Å². The molecule has 1 aliphatic rings. The zero-order chi connectivity index (χ0) is 18.5. The van der Waals surface area contributed by atoms with Crippen LogP contribution < -0.4 is 5.43 Å². The maximum atomic E-state index is 11.2. The maximum absolute atomic E-state index is 11.2. The number of hydrogen-bond acceptors (Lipinski definition) is 7. The van der Waals surface area contributed by atoms with Crippen LogP contribution in [0.1, 0.15) is 17.5 Å². The minimum Gasteiger partial charge on any atom is -0.476 e. The van der Waals surface area contributed by atoms with E-state index in [2.05, 4.69) is 37.6 Å². The number of carbonyl (C=O) groups is 1. The van der Waals surface area contributed by atoms with E-state index >= 15 is 0 Å². The Labute approximate surface area is 158 Å². The van der Waals surface area contributed by atoms with Crippen LogP contribution in [-0.4, -0.2) is 41.7 Å². The van der Waals surface area contributed by atoms with E-state index in [9.17, 15) is 9.90 Å². The zero-order valence-corrected chi connectivity index (χ0v) is 15.7. The van der Waals surface area contributed by atoms with Gasteiger partial charge in [-0.2, -0.15) is 5.10 Å². The van der Waals surface area contributed by atoms with Gasteiger partial charge >= 0.3 is 5.97 Å². The number of oxime groups is 1. The van der Waals surface area contributed by atoms with Gasteiger partial charge in [0.15, 0.2) is 5.71 Å². The van der Waals surface area contributed by atoms with Gasteiger partial charge in [-0.25, -0.2) is 9.79 Å². The summed E-state index contributed by atoms with van der Waals surface area (Å²) in [5.74, 6) is -0.440. The number of carboxylic acid groups (broad SMARTS) is 1. The average Bonchev–Trinajstić information content (AvgIpc) is 3.29. The van der Waals surface area contributed by atoms with E-state index in [1.807, 2.05) is 18.4 Å². The molecule has 2 heterocycles. The molecule has 2 N–H and O–H groups in total. The number of nitrogens with zero attached hydrogens (tertiary/aromatic N) is 3. The van der Waals surface area contributed by atoms with Crippen LogP contribution in [0, 0.1) is 0 Å². The smallest absolute Gasteiger partial charge is 0.358 e. The topological polar surface area (TPSA) is 95.6 Å². The van der Waals surface area contributed by atoms with Crippen molar-refractivity contribution in [1.82, 2.24) is 5.43 Å². The fourth-order valence-electron chi connectivity index (χ4n) is 2.33. The lowest BCUT2D eigenvalue weighted by atomic mass is 10.1. The summed E-state index contributed by atoms with van der Waals surface area (Å²) in [7, 11) is 1.31. The van der Waals surface area contributed by atoms with Gasteiger partial charge < -0.3 is 9.94 Å². The zero-order valence-electron chi connectivity index (χ0n) is 14.1. The van der Waals surface area contributed by atoms with Crippen LogP contribution >= 0.6 is 23.1 Å². The van der Waals surface area contributed by atoms with Crippen molar-refractivity contribution in [2.24, 2.45) is 15.2 Å². The van der Waals surface area contributed by atoms with Crippen molar-refractivity contribution in [1.29, 1.82) is 0 Å². The molecule has 0 spiro atoms. The minimum atomic E-state index is -1.15. The lowest BCUT2D eigenvalue weighted by Crippen LogP contribution is -2.13. The van der Waals surface area contributed by atoms with Crippen LogP contribution in [0.3, 0.4) is 0 Å². The van der Waals surface area contributed by atoms with Crippen LogP contribution in [-0.2, 0) is 9.63 Å². The summed E-state index contributed by atoms with van der Waals surface area (Å²) in [5.41, 5.74) is 5.20. The van der Waals surface area contributed by atoms with Crippen LogP contribution in [0.2, 0.25) is 0 Å². The second-order valence-corrected chi connectivity index (χ2v) is 7.00. The Kier molecular flexibility index (Phi) is 5.69. The monoisotopic (exact) mass is 388 g/mol. The second-order valence-electron chi connectivity index (χ2n) is 5.24. The number of aliphatic carboxylic acids is 1. The van der Waals surface area contributed by atoms with E-state index in [0.29, 0.717) is 22.8 Å². The number of nitrogens with one attached hydrogen (secondary N) is 1. The van der Waals surface area contributed by atoms with E-state index in [-0.39, 0.29) is 5.71 Å². The molecule has 0 bridgehead atoms. The highest BCUT2D eigenvalue weighted by Crippen LogP contribution is 2.26. The molecule has 26 heavy (non-hydrogen) atoms. The SMILES string of the molecule is CO/N=C(/C(=O)O)c1csc(N=C2CC(c3ccc(SC)cc3)=NN2)c1. The molecule has 0 radical (unpaired) electrons. The molecule has 0 amide bonds. The molecule has 0 fully saturated rings. The summed E-state index contributed by atoms with van der Waals surface area (Å²) >= 11 is 3.02. The van der Waals surface area contributed by atoms with E-state index in [1.54, 1.807) is 23.2 Å². The number of aliphatic imine (C=N–C) groups is 1. The number of amidine groups is 1. The van der Waals surface area contributed by atoms with Gasteiger partial charge in [-0.05, 0) is 30.0 Å². The molecule has 0 saturated heterocycles. The van der Waals surface area contributed by atoms with Gasteiger partial charge in [-0.15, -0.1) is 23.1 Å². The Hall–Kier alpha value is -2.65. The standard InChI is InChI=1S/C17H16N4O3S2/c1-24-21-16(17(22)23)11-7-15(26-9-11)18-14-8-13(19-20-14)10-3-5-12(25-2)6-4-10/h3-7,9H,8H2,1-2H3,(H,18,20)(H,22,23)/b21-16+. The minimum absolute atomic E-state index is 0.152. The number of thiophene rings is 1. The predicted molar refractivity (Wildman–Crippen MR) is 105 cm³/mol. The fourth-order valence-corrected chi connectivity index (χ4v) is 3.53. The van der Waals surface area contributed by atoms with Crippen LogP contribution in [0.5, 0.6) is 0 Å². The summed E-state index contributed by atoms with van der Waals surface area (Å²) in [5, 5.41) is 19.4. The molecule has 1 aromatic carbocycles. The number of carboxylic acids is 1. The van der Waals surface area contributed by atoms with Crippen LogP contribution in [0.25, 0.3) is 0 Å². The van der Waals surface area contributed by atoms with Crippen molar-refractivity contribution in [3.63, 3.8) is 0 Å². The van der Waals surface area contributed by atoms with E-state index in [4.69, 9.17) is 0 Å². The molecule has 3 rings (SSSR count). The Morgan fingerprint density at radius 3 is 2.81 bits per heavy atom. The van der Waals surface area contributed by atoms with Gasteiger partial charge in [-0.3, -0.25) is 5.43 Å². The van der Waals surface area contributed by atoms with Crippen molar-refractivity contribution < 1.29 is 14.7 Å². The molecule has 0 aliphatic carbocycles. The largest absolute Gasteiger partial charge is 0.476 e. The number of thioether (sulfide) groups is 1. The molecule has 1 aromatic heterocycles. The molecular weight excluding hydrogens is 372 g/mol. The van der Waals surface area contributed by atoms with Gasteiger partial charge in [0.2, 0.25) is 0 Å². The molecule has 0 atom stereocenters. The van der Waals surface area contributed by atoms with E-state index in [1.165, 1.54) is 23.3 Å². The third-order valence-electron chi connectivity index (χ3n) is 3.57. The molecule has 0 unspecified atom stereocenters. The maximum Gasteiger partial charge on any atom is 0.358 e. The third-order valence-corrected chi connectivity index (χ3v) is 5.13. The van der Waals surface area contributed by atoms with Crippen LogP contribution in [0.4, 0.5) is 5.00 Å². The quantitative estimate of drug-likeness (QED) is 0.450. The van der Waals surface area contributed by atoms with Crippen molar-refractivity contribution in [2.75, 3.05) is 13.4 Å². The summed E-state index contributed by atoms with van der Waals surface area (Å²) in [6, 6.07) is 9.87. The Bertz CT molecular complexity index is 901. The Balaban J connectivity index is 1.72. The molecule has 1 aliphatic heterocycles. The summed E-state index contributed by atoms with van der Waals surface area (Å²) in [6.45, 7) is 0. The lowest BCUT2D eigenvalue weighted by molar-refractivity contribution is -0.129. The summed E-state index contributed by atoms with van der Waals surface area (Å²) in [4.78, 5) is 21.5. The summed E-state index contributed by atoms with van der Waals surface area (Å²) < 4.78 is 0. The first kappa shape index (κ1) is 18.2. The molecular formula is C17H16N4O3S2. The van der Waals surface area contributed by atoms with Crippen molar-refractivity contribution >= 4 is 51.3 Å². The molecule has 9 heteroatoms. The molecule has 2 aromatic rings. The van der Waals surface area contributed by atoms with Crippen molar-refractivity contribution in [3.8, 4) is 0 Å². The lowest BCUT2D eigenvalue weighted by Gasteiger charge is -2.00. The molecule has 7 nitrogen and oxygen atoms in total. The fraction of sp³-hybridized carbons (Fsp3) is 0.176. The predicted octanol–water partition coefficient (Wildman–Crippen LogP) is 3.33. The van der Waals surface area contributed by atoms with Gasteiger partial charge in [0.05, 0.1) is 12.1 Å². The summed E-state index contributed by atoms with van der Waals surface area (Å²) in [6.07, 6.45) is 2.63. The second kappa shape index (κ2) is 8.15. The van der Waals surface area contributed by atoms with Crippen molar-refractivity contribution in [2.45, 2.75) is 11.3 Å². The van der Waals surface area contributed by atoms with E-state index < -0.39 is 5.97 Å². The highest BCUT2D eigenvalue weighted by atomic mass is 32.2. The van der Waals surface area contributed by atoms with Gasteiger partial charge in [0.1, 0.15) is 17.9 Å². The third kappa shape index (κ3) is 4.12. The Morgan fingerprint density at radius 2 is 2.15 bits per heavy atom.